The molecule has 5 heteroatoms. The fourth-order valence-electron chi connectivity index (χ4n) is 2.75. The number of carbonyl (C=O) groups excluding carboxylic acids is 1. The molecule has 2 rings (SSSR count). The molecule has 0 bridgehead atoms. The van der Waals surface area contributed by atoms with Crippen LogP contribution in [0, 0.1) is 11.8 Å². The molecule has 1 aliphatic carbocycles. The van der Waals surface area contributed by atoms with Gasteiger partial charge in [0.25, 0.3) is 0 Å². The minimum atomic E-state index is -0.877. The predicted molar refractivity (Wildman–Crippen MR) is 76.5 cm³/mol. The Labute approximate surface area is 123 Å². The summed E-state index contributed by atoms with van der Waals surface area (Å²) >= 11 is 5.93. The highest BCUT2D eigenvalue weighted by Crippen LogP contribution is 2.32. The van der Waals surface area contributed by atoms with Gasteiger partial charge in [-0.2, -0.15) is 0 Å². The number of hydrogen-bond donors (Lipinski definition) is 2. The lowest BCUT2D eigenvalue weighted by molar-refractivity contribution is -0.146. The van der Waals surface area contributed by atoms with Crippen molar-refractivity contribution in [2.45, 2.75) is 32.2 Å². The van der Waals surface area contributed by atoms with Crippen molar-refractivity contribution in [3.05, 3.63) is 34.9 Å². The number of hydrogen-bond acceptors (Lipinski definition) is 2. The fraction of sp³-hybridized carbons (Fsp3) is 0.467. The van der Waals surface area contributed by atoms with Crippen molar-refractivity contribution in [1.82, 2.24) is 5.32 Å². The van der Waals surface area contributed by atoms with Gasteiger partial charge in [0, 0.05) is 5.02 Å². The van der Waals surface area contributed by atoms with Gasteiger partial charge in [0.15, 0.2) is 0 Å². The third kappa shape index (κ3) is 3.31. The van der Waals surface area contributed by atoms with Gasteiger partial charge < -0.3 is 10.4 Å². The van der Waals surface area contributed by atoms with Gasteiger partial charge in [0.2, 0.25) is 5.91 Å². The topological polar surface area (TPSA) is 66.4 Å². The van der Waals surface area contributed by atoms with Gasteiger partial charge in [0.1, 0.15) is 0 Å². The first-order valence-electron chi connectivity index (χ1n) is 6.77. The number of amides is 1. The Bertz CT molecular complexity index is 518. The van der Waals surface area contributed by atoms with Crippen LogP contribution in [0.3, 0.4) is 0 Å². The first-order valence-corrected chi connectivity index (χ1v) is 7.15. The van der Waals surface area contributed by atoms with Crippen LogP contribution in [0.5, 0.6) is 0 Å². The zero-order valence-corrected chi connectivity index (χ0v) is 12.1. The average molecular weight is 296 g/mol. The maximum Gasteiger partial charge on any atom is 0.307 e. The fourth-order valence-corrected chi connectivity index (χ4v) is 2.95. The van der Waals surface area contributed by atoms with E-state index in [2.05, 4.69) is 5.32 Å². The molecule has 2 N–H and O–H groups in total. The van der Waals surface area contributed by atoms with Crippen molar-refractivity contribution in [3.63, 3.8) is 0 Å². The summed E-state index contributed by atoms with van der Waals surface area (Å²) in [5, 5.41) is 12.6. The van der Waals surface area contributed by atoms with Crippen molar-refractivity contribution in [3.8, 4) is 0 Å². The van der Waals surface area contributed by atoms with Gasteiger partial charge in [0.05, 0.1) is 17.9 Å². The Morgan fingerprint density at radius 1 is 1.35 bits per heavy atom. The van der Waals surface area contributed by atoms with E-state index in [-0.39, 0.29) is 11.9 Å². The largest absolute Gasteiger partial charge is 0.481 e. The van der Waals surface area contributed by atoms with Crippen LogP contribution in [-0.4, -0.2) is 17.0 Å². The number of carboxylic acids is 1. The molecule has 0 aliphatic heterocycles. The summed E-state index contributed by atoms with van der Waals surface area (Å²) < 4.78 is 0. The van der Waals surface area contributed by atoms with Gasteiger partial charge >= 0.3 is 5.97 Å². The van der Waals surface area contributed by atoms with E-state index >= 15 is 0 Å². The van der Waals surface area contributed by atoms with E-state index in [1.165, 1.54) is 0 Å². The summed E-state index contributed by atoms with van der Waals surface area (Å²) in [6.45, 7) is 1.87. The molecule has 0 saturated heterocycles. The van der Waals surface area contributed by atoms with Crippen LogP contribution >= 0.6 is 11.6 Å². The van der Waals surface area contributed by atoms with Crippen molar-refractivity contribution >= 4 is 23.5 Å². The average Bonchev–Trinajstić information content (AvgIpc) is 2.88. The summed E-state index contributed by atoms with van der Waals surface area (Å²) in [4.78, 5) is 23.3. The summed E-state index contributed by atoms with van der Waals surface area (Å²) in [5.41, 5.74) is 0.913. The number of nitrogens with one attached hydrogen (secondary N) is 1. The highest BCUT2D eigenvalue weighted by molar-refractivity contribution is 6.30. The van der Waals surface area contributed by atoms with E-state index < -0.39 is 17.8 Å². The third-order valence-corrected chi connectivity index (χ3v) is 4.11. The number of carbonyl (C=O) groups is 2. The molecular weight excluding hydrogens is 278 g/mol. The molecule has 0 radical (unpaired) electrons. The number of halogens is 1. The Morgan fingerprint density at radius 3 is 2.70 bits per heavy atom. The number of carboxylic acid groups (broad SMARTS) is 1. The molecular formula is C15H18ClNO3. The lowest BCUT2D eigenvalue weighted by atomic mass is 9.94. The summed E-state index contributed by atoms with van der Waals surface area (Å²) in [5.74, 6) is -2.03. The standard InChI is InChI=1S/C15H18ClNO3/c1-9(10-4-2-5-11(16)8-10)17-14(18)12-6-3-7-13(12)15(19)20/h2,4-5,8-9,12-13H,3,6-7H2,1H3,(H,17,18)(H,19,20). The van der Waals surface area contributed by atoms with Gasteiger partial charge in [-0.15, -0.1) is 0 Å². The zero-order valence-electron chi connectivity index (χ0n) is 11.3. The molecule has 0 heterocycles. The smallest absolute Gasteiger partial charge is 0.307 e. The maximum atomic E-state index is 12.2. The van der Waals surface area contributed by atoms with Crippen molar-refractivity contribution < 1.29 is 14.7 Å². The highest BCUT2D eigenvalue weighted by Gasteiger charge is 2.38. The number of aliphatic carboxylic acids is 1. The zero-order chi connectivity index (χ0) is 14.7. The van der Waals surface area contributed by atoms with Crippen LogP contribution in [0.4, 0.5) is 0 Å². The second-order valence-electron chi connectivity index (χ2n) is 5.27. The molecule has 4 nitrogen and oxygen atoms in total. The van der Waals surface area contributed by atoms with Crippen molar-refractivity contribution in [1.29, 1.82) is 0 Å². The lowest BCUT2D eigenvalue weighted by Gasteiger charge is -2.20. The van der Waals surface area contributed by atoms with E-state index in [9.17, 15) is 9.59 Å². The number of benzene rings is 1. The second-order valence-corrected chi connectivity index (χ2v) is 5.70. The maximum absolute atomic E-state index is 12.2. The van der Waals surface area contributed by atoms with Crippen LogP contribution in [0.25, 0.3) is 0 Å². The number of rotatable bonds is 4. The van der Waals surface area contributed by atoms with E-state index in [1.807, 2.05) is 19.1 Å². The minimum absolute atomic E-state index is 0.178. The summed E-state index contributed by atoms with van der Waals surface area (Å²) in [7, 11) is 0. The molecule has 0 aromatic heterocycles. The monoisotopic (exact) mass is 295 g/mol. The van der Waals surface area contributed by atoms with Crippen LogP contribution in [0.1, 0.15) is 37.8 Å². The van der Waals surface area contributed by atoms with Crippen molar-refractivity contribution in [2.24, 2.45) is 11.8 Å². The molecule has 3 unspecified atom stereocenters. The first kappa shape index (κ1) is 14.9. The van der Waals surface area contributed by atoms with Crippen LogP contribution in [-0.2, 0) is 9.59 Å². The van der Waals surface area contributed by atoms with Gasteiger partial charge in [-0.1, -0.05) is 30.2 Å². The van der Waals surface area contributed by atoms with E-state index in [0.29, 0.717) is 17.9 Å². The lowest BCUT2D eigenvalue weighted by Crippen LogP contribution is -2.36. The molecule has 0 spiro atoms. The molecule has 1 aliphatic rings. The summed E-state index contributed by atoms with van der Waals surface area (Å²) in [6, 6.07) is 7.11. The van der Waals surface area contributed by atoms with Crippen LogP contribution in [0.2, 0.25) is 5.02 Å². The van der Waals surface area contributed by atoms with E-state index in [4.69, 9.17) is 16.7 Å². The molecule has 1 saturated carbocycles. The quantitative estimate of drug-likeness (QED) is 0.897. The molecule has 1 fully saturated rings. The van der Waals surface area contributed by atoms with Crippen molar-refractivity contribution in [2.75, 3.05) is 0 Å². The Morgan fingerprint density at radius 2 is 2.05 bits per heavy atom. The van der Waals surface area contributed by atoms with Gasteiger partial charge in [-0.05, 0) is 37.5 Å². The molecule has 108 valence electrons. The Balaban J connectivity index is 2.02. The molecule has 1 amide bonds. The SMILES string of the molecule is CC(NC(=O)C1CCCC1C(=O)O)c1cccc(Cl)c1. The molecule has 1 aromatic rings. The predicted octanol–water partition coefficient (Wildman–Crippen LogP) is 3.02. The molecule has 20 heavy (non-hydrogen) atoms. The van der Waals surface area contributed by atoms with Crippen LogP contribution in [0.15, 0.2) is 24.3 Å². The minimum Gasteiger partial charge on any atom is -0.481 e. The highest BCUT2D eigenvalue weighted by atomic mass is 35.5. The van der Waals surface area contributed by atoms with E-state index in [1.54, 1.807) is 12.1 Å². The van der Waals surface area contributed by atoms with Gasteiger partial charge in [-0.3, -0.25) is 9.59 Å². The Hall–Kier alpha value is -1.55. The Kier molecular flexibility index (Phi) is 4.65. The van der Waals surface area contributed by atoms with E-state index in [0.717, 1.165) is 12.0 Å². The van der Waals surface area contributed by atoms with Crippen LogP contribution < -0.4 is 5.32 Å². The molecule has 3 atom stereocenters. The third-order valence-electron chi connectivity index (χ3n) is 3.88. The second kappa shape index (κ2) is 6.27. The normalized spacial score (nSPS) is 23.3. The summed E-state index contributed by atoms with van der Waals surface area (Å²) in [6.07, 6.45) is 2.02. The van der Waals surface area contributed by atoms with Gasteiger partial charge in [-0.25, -0.2) is 0 Å². The first-order chi connectivity index (χ1) is 9.49. The molecule has 1 aromatic carbocycles.